The van der Waals surface area contributed by atoms with Gasteiger partial charge in [-0.3, -0.25) is 4.79 Å². The number of nitrogens with one attached hydrogen (secondary N) is 1. The Bertz CT molecular complexity index is 616. The molecule has 0 radical (unpaired) electrons. The Balaban J connectivity index is 2.49. The van der Waals surface area contributed by atoms with Crippen LogP contribution in [0.2, 0.25) is 65.0 Å². The standard InChI is InChI=1S/C26H60N2O5Si4/c1-34(2,3)31-37(32-35(4,5)6,33-36(7,8)9)25-16-19-27-26(30)18-12-10-13-20-28(23-17-24-29)21-14-11-15-22-28/h29H,10-25H2,1-9H3/p+1. The second-order valence-electron chi connectivity index (χ2n) is 14.0. The van der Waals surface area contributed by atoms with Crippen molar-refractivity contribution in [1.82, 2.24) is 5.32 Å². The first-order valence-corrected chi connectivity index (χ1v) is 27.0. The molecule has 0 bridgehead atoms. The zero-order valence-corrected chi connectivity index (χ0v) is 29.8. The van der Waals surface area contributed by atoms with Crippen molar-refractivity contribution in [3.63, 3.8) is 0 Å². The molecule has 11 heteroatoms. The van der Waals surface area contributed by atoms with Crippen LogP contribution in [0.25, 0.3) is 0 Å². The van der Waals surface area contributed by atoms with Crippen molar-refractivity contribution in [3.05, 3.63) is 0 Å². The number of hydrogen-bond donors (Lipinski definition) is 2. The Morgan fingerprint density at radius 3 is 1.73 bits per heavy atom. The fourth-order valence-electron chi connectivity index (χ4n) is 5.29. The quantitative estimate of drug-likeness (QED) is 0.110. The van der Waals surface area contributed by atoms with E-state index in [0.717, 1.165) is 38.3 Å². The monoisotopic (exact) mass is 593 g/mol. The molecule has 0 aliphatic carbocycles. The van der Waals surface area contributed by atoms with Crippen LogP contribution in [0.3, 0.4) is 0 Å². The number of unbranched alkanes of at least 4 members (excludes halogenated alkanes) is 2. The van der Waals surface area contributed by atoms with Gasteiger partial charge in [-0.05, 0) is 104 Å². The van der Waals surface area contributed by atoms with Gasteiger partial charge in [-0.1, -0.05) is 0 Å². The maximum absolute atomic E-state index is 12.5. The molecule has 1 heterocycles. The van der Waals surface area contributed by atoms with E-state index in [1.807, 2.05) is 0 Å². The van der Waals surface area contributed by atoms with E-state index >= 15 is 0 Å². The Hall–Kier alpha value is 0.138. The van der Waals surface area contributed by atoms with E-state index in [0.29, 0.717) is 19.6 Å². The molecule has 0 aromatic rings. The van der Waals surface area contributed by atoms with Gasteiger partial charge in [-0.2, -0.15) is 0 Å². The molecule has 1 aliphatic rings. The van der Waals surface area contributed by atoms with Crippen LogP contribution >= 0.6 is 0 Å². The number of likely N-dealkylation sites (tertiary alicyclic amines) is 1. The highest BCUT2D eigenvalue weighted by Crippen LogP contribution is 2.29. The Morgan fingerprint density at radius 1 is 0.730 bits per heavy atom. The molecule has 37 heavy (non-hydrogen) atoms. The van der Waals surface area contributed by atoms with Crippen molar-refractivity contribution in [1.29, 1.82) is 0 Å². The summed E-state index contributed by atoms with van der Waals surface area (Å²) in [5, 5.41) is 12.4. The molecular formula is C26H61N2O5Si4+. The molecule has 1 rings (SSSR count). The first-order chi connectivity index (χ1) is 17.0. The Morgan fingerprint density at radius 2 is 1.24 bits per heavy atom. The summed E-state index contributed by atoms with van der Waals surface area (Å²) in [6, 6.07) is 0.764. The smallest absolute Gasteiger partial charge is 0.417 e. The van der Waals surface area contributed by atoms with Crippen LogP contribution in [0.5, 0.6) is 0 Å². The molecule has 2 N–H and O–H groups in total. The van der Waals surface area contributed by atoms with Crippen molar-refractivity contribution < 1.29 is 26.7 Å². The third-order valence-corrected chi connectivity index (χ3v) is 18.5. The van der Waals surface area contributed by atoms with Gasteiger partial charge in [0.15, 0.2) is 25.0 Å². The average molecular weight is 594 g/mol. The largest absolute Gasteiger partial charge is 0.469 e. The van der Waals surface area contributed by atoms with Gasteiger partial charge in [0.2, 0.25) is 5.91 Å². The van der Waals surface area contributed by atoms with E-state index in [2.05, 4.69) is 64.2 Å². The lowest BCUT2D eigenvalue weighted by Crippen LogP contribution is -2.60. The maximum Gasteiger partial charge on any atom is 0.469 e. The Kier molecular flexibility index (Phi) is 15.0. The van der Waals surface area contributed by atoms with Gasteiger partial charge in [-0.15, -0.1) is 0 Å². The molecule has 0 atom stereocenters. The number of amides is 1. The van der Waals surface area contributed by atoms with E-state index in [1.165, 1.54) is 49.8 Å². The molecule has 0 spiro atoms. The van der Waals surface area contributed by atoms with E-state index in [-0.39, 0.29) is 5.91 Å². The molecule has 1 saturated heterocycles. The predicted molar refractivity (Wildman–Crippen MR) is 165 cm³/mol. The fourth-order valence-corrected chi connectivity index (χ4v) is 19.9. The van der Waals surface area contributed by atoms with Crippen molar-refractivity contribution in [2.75, 3.05) is 39.3 Å². The van der Waals surface area contributed by atoms with Crippen molar-refractivity contribution in [2.45, 2.75) is 123 Å². The average Bonchev–Trinajstić information content (AvgIpc) is 2.72. The lowest BCUT2D eigenvalue weighted by Gasteiger charge is -2.43. The lowest BCUT2D eigenvalue weighted by molar-refractivity contribution is -0.932. The highest BCUT2D eigenvalue weighted by molar-refractivity contribution is 6.90. The third-order valence-electron chi connectivity index (χ3n) is 6.46. The summed E-state index contributed by atoms with van der Waals surface area (Å²) in [5.41, 5.74) is 0. The minimum absolute atomic E-state index is 0.151. The third kappa shape index (κ3) is 16.8. The first kappa shape index (κ1) is 35.2. The number of nitrogens with zero attached hydrogens (tertiary/aromatic N) is 1. The fraction of sp³-hybridized carbons (Fsp3) is 0.962. The van der Waals surface area contributed by atoms with E-state index in [1.54, 1.807) is 0 Å². The van der Waals surface area contributed by atoms with Crippen molar-refractivity contribution in [2.24, 2.45) is 0 Å². The number of aliphatic hydroxyl groups excluding tert-OH is 1. The predicted octanol–water partition coefficient (Wildman–Crippen LogP) is 5.93. The molecule has 0 aromatic heterocycles. The van der Waals surface area contributed by atoms with Gasteiger partial charge in [0.1, 0.15) is 0 Å². The molecule has 7 nitrogen and oxygen atoms in total. The van der Waals surface area contributed by atoms with Gasteiger partial charge in [0.25, 0.3) is 0 Å². The summed E-state index contributed by atoms with van der Waals surface area (Å²) < 4.78 is 21.4. The molecule has 1 amide bonds. The van der Waals surface area contributed by atoms with Crippen LogP contribution < -0.4 is 5.32 Å². The number of rotatable bonds is 19. The number of piperidine rings is 1. The summed E-state index contributed by atoms with van der Waals surface area (Å²) in [5.74, 6) is 0.151. The molecule has 0 unspecified atom stereocenters. The highest BCUT2D eigenvalue weighted by Gasteiger charge is 2.49. The van der Waals surface area contributed by atoms with Crippen LogP contribution in [0.4, 0.5) is 0 Å². The van der Waals surface area contributed by atoms with Crippen molar-refractivity contribution in [3.8, 4) is 0 Å². The second-order valence-corrected chi connectivity index (χ2v) is 31.0. The molecule has 0 aromatic carbocycles. The van der Waals surface area contributed by atoms with Crippen LogP contribution in [0, 0.1) is 0 Å². The topological polar surface area (TPSA) is 77.0 Å². The van der Waals surface area contributed by atoms with E-state index in [4.69, 9.17) is 12.3 Å². The zero-order valence-electron chi connectivity index (χ0n) is 25.8. The summed E-state index contributed by atoms with van der Waals surface area (Å²) in [6.07, 6.45) is 9.51. The minimum Gasteiger partial charge on any atom is -0.417 e. The number of carbonyl (C=O) groups is 1. The SMILES string of the molecule is C[Si](C)(C)O[Si](CCCNC(=O)CCCCC[N+]1(CCCO)CCCCC1)(O[Si](C)(C)C)O[Si](C)(C)C. The van der Waals surface area contributed by atoms with Crippen LogP contribution in [0.15, 0.2) is 0 Å². The maximum atomic E-state index is 12.5. The van der Waals surface area contributed by atoms with E-state index < -0.39 is 33.8 Å². The van der Waals surface area contributed by atoms with Gasteiger partial charge in [0.05, 0.1) is 26.2 Å². The highest BCUT2D eigenvalue weighted by atomic mass is 28.5. The normalized spacial score (nSPS) is 17.1. The van der Waals surface area contributed by atoms with Crippen LogP contribution in [0.1, 0.15) is 57.8 Å². The summed E-state index contributed by atoms with van der Waals surface area (Å²) in [7, 11) is -8.44. The zero-order chi connectivity index (χ0) is 28.2. The molecule has 0 saturated carbocycles. The molecule has 220 valence electrons. The van der Waals surface area contributed by atoms with Crippen LogP contribution in [-0.2, 0) is 17.1 Å². The molecule has 1 aliphatic heterocycles. The number of aliphatic hydroxyl groups is 1. The number of quaternary nitrogens is 1. The van der Waals surface area contributed by atoms with Gasteiger partial charge < -0.3 is 27.3 Å². The number of carbonyl (C=O) groups excluding carboxylic acids is 1. The summed E-state index contributed by atoms with van der Waals surface area (Å²) in [6.45, 7) is 25.6. The minimum atomic E-state index is -2.83. The first-order valence-electron chi connectivity index (χ1n) is 14.8. The summed E-state index contributed by atoms with van der Waals surface area (Å²) >= 11 is 0. The molecule has 1 fully saturated rings. The van der Waals surface area contributed by atoms with Crippen molar-refractivity contribution >= 4 is 39.7 Å². The van der Waals surface area contributed by atoms with Gasteiger partial charge >= 0.3 is 8.80 Å². The second kappa shape index (κ2) is 15.8. The van der Waals surface area contributed by atoms with Gasteiger partial charge in [0, 0.05) is 32.0 Å². The molecular weight excluding hydrogens is 533 g/mol. The van der Waals surface area contributed by atoms with E-state index in [9.17, 15) is 9.90 Å². The summed E-state index contributed by atoms with van der Waals surface area (Å²) in [4.78, 5) is 12.5. The Labute approximate surface area is 233 Å². The van der Waals surface area contributed by atoms with Crippen LogP contribution in [-0.4, -0.2) is 88.6 Å². The van der Waals surface area contributed by atoms with Gasteiger partial charge in [-0.25, -0.2) is 0 Å². The number of hydrogen-bond acceptors (Lipinski definition) is 5. The lowest BCUT2D eigenvalue weighted by atomic mass is 10.0.